The van der Waals surface area contributed by atoms with Gasteiger partial charge >= 0.3 is 0 Å². The van der Waals surface area contributed by atoms with Crippen LogP contribution in [0.1, 0.15) is 11.1 Å². The van der Waals surface area contributed by atoms with Crippen molar-refractivity contribution in [1.29, 1.82) is 0 Å². The maximum atomic E-state index is 12.9. The van der Waals surface area contributed by atoms with E-state index in [9.17, 15) is 4.79 Å². The number of pyridine rings is 2. The smallest absolute Gasteiger partial charge is 0.211 e. The Bertz CT molecular complexity index is 1240. The second-order valence-electron chi connectivity index (χ2n) is 6.09. The highest BCUT2D eigenvalue weighted by Gasteiger charge is 2.16. The predicted molar refractivity (Wildman–Crippen MR) is 96.9 cm³/mol. The molecule has 0 unspecified atom stereocenters. The molecule has 24 heavy (non-hydrogen) atoms. The Labute approximate surface area is 138 Å². The number of hydrogen-bond acceptors (Lipinski definition) is 2. The third-order valence-electron chi connectivity index (χ3n) is 4.65. The SMILES string of the molecule is O=c1c(Cc2ccccc2)cn2c3ccccc3c3ccnc1c32. The van der Waals surface area contributed by atoms with Gasteiger partial charge in [0.25, 0.3) is 0 Å². The van der Waals surface area contributed by atoms with Gasteiger partial charge in [-0.15, -0.1) is 0 Å². The first-order valence-corrected chi connectivity index (χ1v) is 8.00. The number of para-hydroxylation sites is 1. The van der Waals surface area contributed by atoms with Gasteiger partial charge in [-0.1, -0.05) is 48.5 Å². The molecular formula is C21H14N2O. The quantitative estimate of drug-likeness (QED) is 0.493. The van der Waals surface area contributed by atoms with E-state index >= 15 is 0 Å². The van der Waals surface area contributed by atoms with Crippen LogP contribution in [0.3, 0.4) is 0 Å². The van der Waals surface area contributed by atoms with E-state index in [4.69, 9.17) is 0 Å². The van der Waals surface area contributed by atoms with Crippen LogP contribution in [0.15, 0.2) is 77.9 Å². The van der Waals surface area contributed by atoms with Gasteiger partial charge in [0, 0.05) is 35.2 Å². The topological polar surface area (TPSA) is 34.4 Å². The van der Waals surface area contributed by atoms with Crippen molar-refractivity contribution in [1.82, 2.24) is 9.38 Å². The van der Waals surface area contributed by atoms with E-state index < -0.39 is 0 Å². The molecule has 0 fully saturated rings. The third kappa shape index (κ3) is 1.78. The molecule has 0 saturated heterocycles. The van der Waals surface area contributed by atoms with Crippen molar-refractivity contribution >= 4 is 27.3 Å². The summed E-state index contributed by atoms with van der Waals surface area (Å²) >= 11 is 0. The molecule has 0 amide bonds. The molecule has 0 aliphatic heterocycles. The lowest BCUT2D eigenvalue weighted by atomic mass is 10.1. The lowest BCUT2D eigenvalue weighted by Crippen LogP contribution is -2.13. The standard InChI is InChI=1S/C21H14N2O/c24-21-15(12-14-6-2-1-3-7-14)13-23-18-9-5-4-8-16(18)17-10-11-22-19(21)20(17)23/h1-11,13H,12H2. The van der Waals surface area contributed by atoms with Crippen LogP contribution in [0.4, 0.5) is 0 Å². The minimum atomic E-state index is 0.0276. The number of aromatic nitrogens is 2. The molecular weight excluding hydrogens is 296 g/mol. The summed E-state index contributed by atoms with van der Waals surface area (Å²) in [7, 11) is 0. The Morgan fingerprint density at radius 3 is 2.54 bits per heavy atom. The van der Waals surface area contributed by atoms with Crippen LogP contribution in [-0.4, -0.2) is 9.38 Å². The third-order valence-corrected chi connectivity index (χ3v) is 4.65. The number of hydrogen-bond donors (Lipinski definition) is 0. The first-order chi connectivity index (χ1) is 11.8. The molecule has 114 valence electrons. The molecule has 0 atom stereocenters. The Morgan fingerprint density at radius 1 is 0.875 bits per heavy atom. The maximum Gasteiger partial charge on any atom is 0.211 e. The van der Waals surface area contributed by atoms with Crippen LogP contribution in [0.25, 0.3) is 27.3 Å². The van der Waals surface area contributed by atoms with Gasteiger partial charge in [-0.05, 0) is 17.7 Å². The van der Waals surface area contributed by atoms with Crippen LogP contribution < -0.4 is 5.43 Å². The molecule has 0 N–H and O–H groups in total. The summed E-state index contributed by atoms with van der Waals surface area (Å²) < 4.78 is 2.12. The van der Waals surface area contributed by atoms with Gasteiger partial charge in [0.1, 0.15) is 5.52 Å². The zero-order valence-electron chi connectivity index (χ0n) is 12.9. The van der Waals surface area contributed by atoms with Gasteiger partial charge in [0.15, 0.2) is 0 Å². The zero-order valence-corrected chi connectivity index (χ0v) is 12.9. The monoisotopic (exact) mass is 310 g/mol. The summed E-state index contributed by atoms with van der Waals surface area (Å²) in [6, 6.07) is 20.3. The highest BCUT2D eigenvalue weighted by Crippen LogP contribution is 2.29. The zero-order chi connectivity index (χ0) is 16.1. The minimum Gasteiger partial charge on any atom is -0.313 e. The number of rotatable bonds is 2. The van der Waals surface area contributed by atoms with Crippen molar-refractivity contribution < 1.29 is 0 Å². The van der Waals surface area contributed by atoms with Crippen molar-refractivity contribution in [2.75, 3.05) is 0 Å². The Hall–Kier alpha value is -3.20. The molecule has 2 aromatic carbocycles. The van der Waals surface area contributed by atoms with Gasteiger partial charge in [0.05, 0.1) is 11.0 Å². The molecule has 5 aromatic rings. The van der Waals surface area contributed by atoms with E-state index in [1.54, 1.807) is 6.20 Å². The first-order valence-electron chi connectivity index (χ1n) is 8.00. The normalized spacial score (nSPS) is 11.7. The molecule has 0 aliphatic carbocycles. The average molecular weight is 310 g/mol. The Kier molecular flexibility index (Phi) is 2.71. The predicted octanol–water partition coefficient (Wildman–Crippen LogP) is 4.03. The summed E-state index contributed by atoms with van der Waals surface area (Å²) in [6.45, 7) is 0. The van der Waals surface area contributed by atoms with Crippen molar-refractivity contribution in [2.24, 2.45) is 0 Å². The van der Waals surface area contributed by atoms with Crippen LogP contribution in [0, 0.1) is 0 Å². The molecule has 0 saturated carbocycles. The average Bonchev–Trinajstić information content (AvgIpc) is 2.95. The van der Waals surface area contributed by atoms with E-state index in [2.05, 4.69) is 21.5 Å². The second kappa shape index (κ2) is 4.90. The maximum absolute atomic E-state index is 12.9. The van der Waals surface area contributed by atoms with Crippen molar-refractivity contribution in [3.63, 3.8) is 0 Å². The largest absolute Gasteiger partial charge is 0.313 e. The highest BCUT2D eigenvalue weighted by atomic mass is 16.1. The fourth-order valence-electron chi connectivity index (χ4n) is 3.56. The molecule has 0 spiro atoms. The number of fused-ring (bicyclic) bond motifs is 3. The summed E-state index contributed by atoms with van der Waals surface area (Å²) in [5.41, 5.74) is 4.51. The molecule has 3 nitrogen and oxygen atoms in total. The Balaban J connectivity index is 1.89. The highest BCUT2D eigenvalue weighted by molar-refractivity contribution is 6.12. The van der Waals surface area contributed by atoms with Gasteiger partial charge < -0.3 is 4.40 Å². The van der Waals surface area contributed by atoms with E-state index in [0.29, 0.717) is 11.9 Å². The number of nitrogens with zero attached hydrogens (tertiary/aromatic N) is 2. The van der Waals surface area contributed by atoms with Crippen molar-refractivity contribution in [2.45, 2.75) is 6.42 Å². The van der Waals surface area contributed by atoms with Crippen LogP contribution in [0.5, 0.6) is 0 Å². The van der Waals surface area contributed by atoms with E-state index in [1.807, 2.05) is 54.7 Å². The molecule has 3 aromatic heterocycles. The first kappa shape index (κ1) is 13.3. The lowest BCUT2D eigenvalue weighted by molar-refractivity contribution is 1.11. The van der Waals surface area contributed by atoms with E-state index in [0.717, 1.165) is 32.9 Å². The van der Waals surface area contributed by atoms with Crippen molar-refractivity contribution in [3.8, 4) is 0 Å². The van der Waals surface area contributed by atoms with E-state index in [1.165, 1.54) is 0 Å². The summed E-state index contributed by atoms with van der Waals surface area (Å²) in [5, 5.41) is 2.24. The van der Waals surface area contributed by atoms with E-state index in [-0.39, 0.29) is 5.43 Å². The summed E-state index contributed by atoms with van der Waals surface area (Å²) in [4.78, 5) is 17.3. The van der Waals surface area contributed by atoms with Crippen LogP contribution in [-0.2, 0) is 6.42 Å². The lowest BCUT2D eigenvalue weighted by Gasteiger charge is -2.06. The molecule has 0 bridgehead atoms. The minimum absolute atomic E-state index is 0.0276. The second-order valence-corrected chi connectivity index (χ2v) is 6.09. The Morgan fingerprint density at radius 2 is 1.67 bits per heavy atom. The van der Waals surface area contributed by atoms with Gasteiger partial charge in [-0.25, -0.2) is 0 Å². The molecule has 0 radical (unpaired) electrons. The van der Waals surface area contributed by atoms with Crippen molar-refractivity contribution in [3.05, 3.63) is 94.4 Å². The molecule has 3 heteroatoms. The van der Waals surface area contributed by atoms with Gasteiger partial charge in [-0.2, -0.15) is 0 Å². The summed E-state index contributed by atoms with van der Waals surface area (Å²) in [5.74, 6) is 0. The van der Waals surface area contributed by atoms with Crippen LogP contribution in [0.2, 0.25) is 0 Å². The van der Waals surface area contributed by atoms with Gasteiger partial charge in [0.2, 0.25) is 5.43 Å². The summed E-state index contributed by atoms with van der Waals surface area (Å²) in [6.07, 6.45) is 4.33. The fourth-order valence-corrected chi connectivity index (χ4v) is 3.56. The fraction of sp³-hybridized carbons (Fsp3) is 0.0476. The van der Waals surface area contributed by atoms with Crippen LogP contribution >= 0.6 is 0 Å². The molecule has 0 aliphatic rings. The molecule has 3 heterocycles. The molecule has 5 rings (SSSR count). The number of benzene rings is 2. The van der Waals surface area contributed by atoms with Gasteiger partial charge in [-0.3, -0.25) is 9.78 Å².